The first-order valence-corrected chi connectivity index (χ1v) is 6.38. The van der Waals surface area contributed by atoms with Gasteiger partial charge in [-0.1, -0.05) is 59.7 Å². The summed E-state index contributed by atoms with van der Waals surface area (Å²) < 4.78 is 27.4. The Morgan fingerprint density at radius 1 is 0.789 bits per heavy atom. The van der Waals surface area contributed by atoms with E-state index in [-0.39, 0.29) is 0 Å². The first-order chi connectivity index (χ1) is 9.12. The van der Waals surface area contributed by atoms with Gasteiger partial charge in [0.2, 0.25) is 0 Å². The van der Waals surface area contributed by atoms with E-state index in [1.54, 1.807) is 12.1 Å². The van der Waals surface area contributed by atoms with Gasteiger partial charge in [0.05, 0.1) is 5.41 Å². The standard InChI is InChI=1S/C17H18F2/c1-13-5-3-7-15(9-13)17(11-18,12-19)16-8-4-6-14(2)10-16/h3-10H,11-12H2,1-2H3. The van der Waals surface area contributed by atoms with Crippen molar-refractivity contribution in [3.05, 3.63) is 70.8 Å². The zero-order valence-corrected chi connectivity index (χ0v) is 11.3. The molecule has 0 spiro atoms. The molecule has 2 rings (SSSR count). The number of alkyl halides is 2. The van der Waals surface area contributed by atoms with Crippen LogP contribution in [0, 0.1) is 13.8 Å². The molecule has 2 aromatic rings. The Morgan fingerprint density at radius 2 is 1.21 bits per heavy atom. The molecular weight excluding hydrogens is 242 g/mol. The van der Waals surface area contributed by atoms with Gasteiger partial charge in [-0.2, -0.15) is 0 Å². The number of hydrogen-bond donors (Lipinski definition) is 0. The van der Waals surface area contributed by atoms with Crippen LogP contribution in [0.5, 0.6) is 0 Å². The first-order valence-electron chi connectivity index (χ1n) is 6.38. The predicted molar refractivity (Wildman–Crippen MR) is 75.1 cm³/mol. The summed E-state index contributed by atoms with van der Waals surface area (Å²) in [5.74, 6) is 0. The normalized spacial score (nSPS) is 11.6. The summed E-state index contributed by atoms with van der Waals surface area (Å²) in [5, 5.41) is 0. The maximum atomic E-state index is 13.7. The second-order valence-electron chi connectivity index (χ2n) is 5.09. The summed E-state index contributed by atoms with van der Waals surface area (Å²) >= 11 is 0. The zero-order chi connectivity index (χ0) is 13.9. The molecule has 0 aliphatic rings. The molecule has 0 radical (unpaired) electrons. The minimum absolute atomic E-state index is 0.697. The second kappa shape index (κ2) is 5.52. The van der Waals surface area contributed by atoms with Gasteiger partial charge >= 0.3 is 0 Å². The molecule has 2 heteroatoms. The Balaban J connectivity index is 2.60. The fraction of sp³-hybridized carbons (Fsp3) is 0.294. The summed E-state index contributed by atoms with van der Waals surface area (Å²) in [7, 11) is 0. The summed E-state index contributed by atoms with van der Waals surface area (Å²) in [6.45, 7) is 2.38. The lowest BCUT2D eigenvalue weighted by Crippen LogP contribution is -2.33. The van der Waals surface area contributed by atoms with Crippen LogP contribution in [0.4, 0.5) is 8.78 Å². The minimum Gasteiger partial charge on any atom is -0.250 e. The molecule has 0 aromatic heterocycles. The molecule has 0 nitrogen and oxygen atoms in total. The van der Waals surface area contributed by atoms with Crippen molar-refractivity contribution in [1.29, 1.82) is 0 Å². The molecule has 100 valence electrons. The van der Waals surface area contributed by atoms with Gasteiger partial charge in [0.15, 0.2) is 0 Å². The van der Waals surface area contributed by atoms with Crippen molar-refractivity contribution in [1.82, 2.24) is 0 Å². The molecule has 19 heavy (non-hydrogen) atoms. The van der Waals surface area contributed by atoms with E-state index in [1.807, 2.05) is 50.2 Å². The lowest BCUT2D eigenvalue weighted by Gasteiger charge is -2.29. The third-order valence-electron chi connectivity index (χ3n) is 3.60. The maximum absolute atomic E-state index is 13.7. The minimum atomic E-state index is -1.18. The third-order valence-corrected chi connectivity index (χ3v) is 3.60. The number of halogens is 2. The van der Waals surface area contributed by atoms with Crippen molar-refractivity contribution in [2.75, 3.05) is 13.3 Å². The Labute approximate surface area is 113 Å². The number of hydrogen-bond acceptors (Lipinski definition) is 0. The molecule has 0 N–H and O–H groups in total. The monoisotopic (exact) mass is 260 g/mol. The molecule has 0 saturated heterocycles. The van der Waals surface area contributed by atoms with E-state index in [0.717, 1.165) is 11.1 Å². The van der Waals surface area contributed by atoms with Crippen LogP contribution in [0.1, 0.15) is 22.3 Å². The van der Waals surface area contributed by atoms with E-state index < -0.39 is 18.8 Å². The Hall–Kier alpha value is -1.70. The Morgan fingerprint density at radius 3 is 1.53 bits per heavy atom. The van der Waals surface area contributed by atoms with Crippen molar-refractivity contribution in [3.8, 4) is 0 Å². The fourth-order valence-electron chi connectivity index (χ4n) is 2.40. The van der Waals surface area contributed by atoms with Crippen molar-refractivity contribution in [2.45, 2.75) is 19.3 Å². The molecular formula is C17H18F2. The average molecular weight is 260 g/mol. The highest BCUT2D eigenvalue weighted by molar-refractivity contribution is 5.42. The van der Waals surface area contributed by atoms with Gasteiger partial charge in [-0.15, -0.1) is 0 Å². The van der Waals surface area contributed by atoms with Crippen molar-refractivity contribution in [3.63, 3.8) is 0 Å². The Kier molecular flexibility index (Phi) is 3.98. The molecule has 0 saturated carbocycles. The van der Waals surface area contributed by atoms with Gasteiger partial charge < -0.3 is 0 Å². The van der Waals surface area contributed by atoms with E-state index in [1.165, 1.54) is 0 Å². The van der Waals surface area contributed by atoms with Crippen LogP contribution in [-0.2, 0) is 5.41 Å². The smallest absolute Gasteiger partial charge is 0.106 e. The largest absolute Gasteiger partial charge is 0.250 e. The van der Waals surface area contributed by atoms with Crippen molar-refractivity contribution < 1.29 is 8.78 Å². The SMILES string of the molecule is Cc1cccc(C(CF)(CF)c2cccc(C)c2)c1. The zero-order valence-electron chi connectivity index (χ0n) is 11.3. The van der Waals surface area contributed by atoms with Crippen LogP contribution in [0.15, 0.2) is 48.5 Å². The highest BCUT2D eigenvalue weighted by Gasteiger charge is 2.35. The topological polar surface area (TPSA) is 0 Å². The Bertz CT molecular complexity index is 509. The quantitative estimate of drug-likeness (QED) is 0.757. The van der Waals surface area contributed by atoms with Gasteiger partial charge in [-0.3, -0.25) is 0 Å². The van der Waals surface area contributed by atoms with Gasteiger partial charge in [0, 0.05) is 0 Å². The van der Waals surface area contributed by atoms with Gasteiger partial charge in [-0.25, -0.2) is 8.78 Å². The maximum Gasteiger partial charge on any atom is 0.106 e. The third kappa shape index (κ3) is 2.53. The molecule has 2 aromatic carbocycles. The van der Waals surface area contributed by atoms with E-state index in [2.05, 4.69) is 0 Å². The lowest BCUT2D eigenvalue weighted by molar-refractivity contribution is 0.278. The van der Waals surface area contributed by atoms with Crippen LogP contribution >= 0.6 is 0 Å². The van der Waals surface area contributed by atoms with Crippen LogP contribution in [0.3, 0.4) is 0 Å². The molecule has 0 heterocycles. The highest BCUT2D eigenvalue weighted by Crippen LogP contribution is 2.34. The second-order valence-corrected chi connectivity index (χ2v) is 5.09. The summed E-state index contributed by atoms with van der Waals surface area (Å²) in [5.41, 5.74) is 2.23. The number of rotatable bonds is 4. The van der Waals surface area contributed by atoms with Crippen LogP contribution in [-0.4, -0.2) is 13.3 Å². The molecule has 0 aliphatic carbocycles. The van der Waals surface area contributed by atoms with Crippen LogP contribution < -0.4 is 0 Å². The molecule has 0 amide bonds. The predicted octanol–water partition coefficient (Wildman–Crippen LogP) is 4.53. The summed E-state index contributed by atoms with van der Waals surface area (Å²) in [4.78, 5) is 0. The van der Waals surface area contributed by atoms with Crippen molar-refractivity contribution in [2.24, 2.45) is 0 Å². The summed E-state index contributed by atoms with van der Waals surface area (Å²) in [6, 6.07) is 14.9. The molecule has 0 fully saturated rings. The molecule has 0 unspecified atom stereocenters. The van der Waals surface area contributed by atoms with E-state index in [9.17, 15) is 8.78 Å². The van der Waals surface area contributed by atoms with Crippen LogP contribution in [0.2, 0.25) is 0 Å². The molecule has 0 aliphatic heterocycles. The lowest BCUT2D eigenvalue weighted by atomic mass is 9.76. The van der Waals surface area contributed by atoms with Crippen LogP contribution in [0.25, 0.3) is 0 Å². The molecule has 0 bridgehead atoms. The van der Waals surface area contributed by atoms with Crippen molar-refractivity contribution >= 4 is 0 Å². The van der Waals surface area contributed by atoms with Gasteiger partial charge in [-0.05, 0) is 25.0 Å². The van der Waals surface area contributed by atoms with Gasteiger partial charge in [0.25, 0.3) is 0 Å². The highest BCUT2D eigenvalue weighted by atomic mass is 19.1. The summed E-state index contributed by atoms with van der Waals surface area (Å²) in [6.07, 6.45) is 0. The van der Waals surface area contributed by atoms with E-state index in [4.69, 9.17) is 0 Å². The van der Waals surface area contributed by atoms with Gasteiger partial charge in [0.1, 0.15) is 13.3 Å². The number of aryl methyl sites for hydroxylation is 2. The van der Waals surface area contributed by atoms with E-state index >= 15 is 0 Å². The fourth-order valence-corrected chi connectivity index (χ4v) is 2.40. The average Bonchev–Trinajstić information content (AvgIpc) is 2.41. The first kappa shape index (κ1) is 13.7. The number of benzene rings is 2. The molecule has 0 atom stereocenters. The van der Waals surface area contributed by atoms with E-state index in [0.29, 0.717) is 11.1 Å².